The van der Waals surface area contributed by atoms with Crippen LogP contribution in [0.25, 0.3) is 55.7 Å². The number of benzene rings is 4. The van der Waals surface area contributed by atoms with E-state index >= 15 is 0 Å². The van der Waals surface area contributed by atoms with E-state index in [1.54, 1.807) is 0 Å². The summed E-state index contributed by atoms with van der Waals surface area (Å²) in [5, 5.41) is 70.1. The number of nitrogens with two attached hydrogens (primary N) is 8. The van der Waals surface area contributed by atoms with E-state index in [4.69, 9.17) is 88.7 Å². The van der Waals surface area contributed by atoms with E-state index in [9.17, 15) is 30.6 Å². The van der Waals surface area contributed by atoms with Crippen molar-refractivity contribution in [3.8, 4) is 22.9 Å². The third kappa shape index (κ3) is 17.4. The fourth-order valence-electron chi connectivity index (χ4n) is 12.4. The molecule has 6 heterocycles. The minimum absolute atomic E-state index is 0.0287. The maximum Gasteiger partial charge on any atom is 0.187 e. The van der Waals surface area contributed by atoms with Gasteiger partial charge in [-0.3, -0.25) is 9.98 Å². The zero-order chi connectivity index (χ0) is 69.2. The SMILES string of the molecule is CN(C)CCCN=C(N)c1ccc(-c2ccc(-c3nc4ccc(C(N)=NCCCN(C)C)cc4[nH]3)o2)cc1.NCC1OC(OC2C(CO)OC(OC3C(O)C(N)CC(N)C3OC3OC(CN)C(SCCNc4c5ccccc5nc5ccccc45)C(O)C3N)C2O)C(N)C(O)C1O. The summed E-state index contributed by atoms with van der Waals surface area (Å²) in [7, 11) is 8.21. The Morgan fingerprint density at radius 1 is 0.608 bits per heavy atom. The van der Waals surface area contributed by atoms with Crippen LogP contribution in [0.1, 0.15) is 30.4 Å². The van der Waals surface area contributed by atoms with Crippen molar-refractivity contribution in [3.63, 3.8) is 0 Å². The van der Waals surface area contributed by atoms with Crippen molar-refractivity contribution in [1.82, 2.24) is 24.8 Å². The lowest BCUT2D eigenvalue weighted by Gasteiger charge is -2.48. The minimum Gasteiger partial charge on any atom is -0.453 e. The van der Waals surface area contributed by atoms with Crippen molar-refractivity contribution in [2.24, 2.45) is 55.9 Å². The van der Waals surface area contributed by atoms with E-state index in [0.29, 0.717) is 48.6 Å². The van der Waals surface area contributed by atoms with Gasteiger partial charge in [-0.2, -0.15) is 11.8 Å². The normalized spacial score (nSPS) is 30.4. The zero-order valence-corrected chi connectivity index (χ0v) is 55.8. The summed E-state index contributed by atoms with van der Waals surface area (Å²) in [6.07, 6.45) is -15.7. The highest BCUT2D eigenvalue weighted by atomic mass is 32.2. The van der Waals surface area contributed by atoms with Gasteiger partial charge < -0.3 is 129 Å². The van der Waals surface area contributed by atoms with Crippen molar-refractivity contribution in [2.45, 2.75) is 135 Å². The van der Waals surface area contributed by atoms with Crippen molar-refractivity contribution in [3.05, 3.63) is 114 Å². The van der Waals surface area contributed by atoms with Gasteiger partial charge in [-0.15, -0.1) is 0 Å². The number of rotatable bonds is 26. The summed E-state index contributed by atoms with van der Waals surface area (Å²) in [6.45, 7) is 3.15. The van der Waals surface area contributed by atoms with Crippen LogP contribution in [0.5, 0.6) is 0 Å². The number of aliphatic hydroxyl groups excluding tert-OH is 6. The quantitative estimate of drug-likeness (QED) is 0.0140. The number of hydrogen-bond acceptors (Lipinski definition) is 27. The Balaban J connectivity index is 0.000000232. The lowest BCUT2D eigenvalue weighted by Crippen LogP contribution is -2.68. The zero-order valence-electron chi connectivity index (χ0n) is 55.0. The number of nitrogens with one attached hydrogen (secondary N) is 2. The number of imidazole rings is 1. The van der Waals surface area contributed by atoms with Crippen LogP contribution >= 0.6 is 11.8 Å². The third-order valence-corrected chi connectivity index (χ3v) is 19.2. The molecule has 0 spiro atoms. The number of aromatic amines is 1. The number of para-hydroxylation sites is 2. The predicted molar refractivity (Wildman–Crippen MR) is 373 cm³/mol. The number of H-pyrrole nitrogens is 1. The molecule has 30 heteroatoms. The van der Waals surface area contributed by atoms with Crippen molar-refractivity contribution < 1.29 is 63.5 Å². The lowest BCUT2D eigenvalue weighted by atomic mass is 9.84. The van der Waals surface area contributed by atoms with Gasteiger partial charge in [-0.05, 0) is 103 Å². The highest BCUT2D eigenvalue weighted by Gasteiger charge is 2.54. The van der Waals surface area contributed by atoms with Crippen molar-refractivity contribution in [2.75, 3.05) is 91.7 Å². The molecule has 3 aromatic heterocycles. The van der Waals surface area contributed by atoms with Crippen LogP contribution in [-0.2, 0) is 28.4 Å². The number of nitrogens with zero attached hydrogens (tertiary/aromatic N) is 6. The fraction of sp³-hybridized carbons (Fsp3) is 0.522. The number of fused-ring (bicyclic) bond motifs is 3. The number of ether oxygens (including phenoxy) is 6. The molecule has 7 aromatic rings. The number of aromatic nitrogens is 3. The predicted octanol–water partition coefficient (Wildman–Crippen LogP) is -0.537. The molecule has 0 amide bonds. The molecule has 19 unspecified atom stereocenters. The molecule has 528 valence electrons. The summed E-state index contributed by atoms with van der Waals surface area (Å²) in [4.78, 5) is 26.1. The number of hydrogen-bond donors (Lipinski definition) is 16. The van der Waals surface area contributed by atoms with Gasteiger partial charge in [0, 0.05) is 78.0 Å². The van der Waals surface area contributed by atoms with Gasteiger partial charge in [0.2, 0.25) is 0 Å². The summed E-state index contributed by atoms with van der Waals surface area (Å²) in [5.41, 5.74) is 56.9. The fourth-order valence-corrected chi connectivity index (χ4v) is 13.7. The van der Waals surface area contributed by atoms with Crippen LogP contribution < -0.4 is 51.2 Å². The van der Waals surface area contributed by atoms with Gasteiger partial charge in [-0.1, -0.05) is 60.7 Å². The third-order valence-electron chi connectivity index (χ3n) is 17.8. The summed E-state index contributed by atoms with van der Waals surface area (Å²) in [6, 6.07) is 29.5. The summed E-state index contributed by atoms with van der Waals surface area (Å²) >= 11 is 1.46. The molecule has 24 N–H and O–H groups in total. The molecule has 0 radical (unpaired) electrons. The second kappa shape index (κ2) is 33.6. The molecule has 0 bridgehead atoms. The number of furan rings is 1. The molecule has 97 heavy (non-hydrogen) atoms. The molecule has 19 atom stereocenters. The van der Waals surface area contributed by atoms with E-state index in [-0.39, 0.29) is 19.5 Å². The molecular weight excluding hydrogens is 1270 g/mol. The van der Waals surface area contributed by atoms with E-state index in [1.807, 2.05) is 103 Å². The Hall–Kier alpha value is -6.41. The Kier molecular flexibility index (Phi) is 25.4. The number of aliphatic hydroxyl groups is 6. The standard InChI is InChI=1S/C38H58N8O12S.C29H38N8O/c39-12-21-28(49)29(50)24(43)36(53-21)57-33-23(14-47)55-38(31(33)52)58-34-27(48)17(41)11-18(42)32(34)56-37-25(44)30(51)35(22(13-40)54-37)59-10-9-45-26-15-5-1-3-7-19(15)46-20-8-4-2-6-16(20)26;1-36(2)17-5-15-32-27(30)21-9-7-20(8-10-21)25-13-14-26(38-25)29-34-23-12-11-22(19-24(23)35-29)28(31)33-16-6-18-37(3)4/h1-8,17-18,21-25,27-38,47-52H,9-14,39-44H2,(H,45,46);7-14,19H,5-6,15-18H2,1-4H3,(H2,30,32)(H2,31,33)(H,34,35). The van der Waals surface area contributed by atoms with Gasteiger partial charge in [0.1, 0.15) is 66.3 Å². The minimum atomic E-state index is -1.61. The molecule has 1 aliphatic carbocycles. The van der Waals surface area contributed by atoms with Crippen molar-refractivity contribution >= 4 is 62.0 Å². The van der Waals surface area contributed by atoms with Crippen LogP contribution in [0.4, 0.5) is 5.69 Å². The first-order valence-electron chi connectivity index (χ1n) is 32.8. The number of pyridine rings is 1. The molecular formula is C67H96N16O13S. The molecule has 29 nitrogen and oxygen atoms in total. The van der Waals surface area contributed by atoms with E-state index in [2.05, 4.69) is 58.3 Å². The molecule has 3 aliphatic heterocycles. The van der Waals surface area contributed by atoms with Crippen LogP contribution in [0.2, 0.25) is 0 Å². The molecule has 4 aliphatic rings. The van der Waals surface area contributed by atoms with E-state index < -0.39 is 122 Å². The van der Waals surface area contributed by atoms with E-state index in [1.165, 1.54) is 11.8 Å². The van der Waals surface area contributed by atoms with Crippen LogP contribution in [0.3, 0.4) is 0 Å². The molecule has 1 saturated carbocycles. The molecule has 11 rings (SSSR count). The highest BCUT2D eigenvalue weighted by molar-refractivity contribution is 8.00. The Labute approximate surface area is 567 Å². The highest BCUT2D eigenvalue weighted by Crippen LogP contribution is 2.38. The average Bonchev–Trinajstić information content (AvgIpc) is 1.74. The van der Waals surface area contributed by atoms with Gasteiger partial charge in [0.25, 0.3) is 0 Å². The van der Waals surface area contributed by atoms with E-state index in [0.717, 1.165) is 86.9 Å². The molecule has 3 saturated heterocycles. The van der Waals surface area contributed by atoms with Gasteiger partial charge in [0.05, 0.1) is 70.0 Å². The van der Waals surface area contributed by atoms with Gasteiger partial charge in [-0.25, -0.2) is 9.97 Å². The Morgan fingerprint density at radius 3 is 1.80 bits per heavy atom. The topological polar surface area (TPSA) is 483 Å². The monoisotopic (exact) mass is 1360 g/mol. The van der Waals surface area contributed by atoms with Crippen LogP contribution in [0.15, 0.2) is 118 Å². The second-order valence-electron chi connectivity index (χ2n) is 25.4. The molecule has 4 aromatic carbocycles. The lowest BCUT2D eigenvalue weighted by molar-refractivity contribution is -0.294. The first kappa shape index (κ1) is 73.3. The average molecular weight is 1370 g/mol. The first-order valence-corrected chi connectivity index (χ1v) is 33.8. The Morgan fingerprint density at radius 2 is 1.18 bits per heavy atom. The largest absolute Gasteiger partial charge is 0.453 e. The summed E-state index contributed by atoms with van der Waals surface area (Å²) in [5.74, 6) is 3.73. The van der Waals surface area contributed by atoms with Crippen molar-refractivity contribution in [1.29, 1.82) is 0 Å². The van der Waals surface area contributed by atoms with Gasteiger partial charge >= 0.3 is 0 Å². The Bertz CT molecular complexity index is 3660. The molecule has 4 fully saturated rings. The number of amidine groups is 2. The maximum atomic E-state index is 11.6. The summed E-state index contributed by atoms with van der Waals surface area (Å²) < 4.78 is 42.3. The smallest absolute Gasteiger partial charge is 0.187 e. The van der Waals surface area contributed by atoms with Crippen LogP contribution in [-0.4, -0.2) is 269 Å². The number of anilines is 1. The number of thioether (sulfide) groups is 1. The van der Waals surface area contributed by atoms with Gasteiger partial charge in [0.15, 0.2) is 30.5 Å². The number of aliphatic imine (C=N–C) groups is 2. The second-order valence-corrected chi connectivity index (χ2v) is 26.7. The first-order chi connectivity index (χ1) is 46.7. The van der Waals surface area contributed by atoms with Crippen LogP contribution in [0, 0.1) is 0 Å². The maximum absolute atomic E-state index is 11.6.